The number of benzene rings is 19. The van der Waals surface area contributed by atoms with Gasteiger partial charge in [0.15, 0.2) is 0 Å². The van der Waals surface area contributed by atoms with Crippen molar-refractivity contribution < 1.29 is 0 Å². The molecule has 27 rings (SSSR count). The molecule has 0 saturated carbocycles. The highest BCUT2D eigenvalue weighted by atomic mass is 15.2. The Morgan fingerprint density at radius 2 is 0.458 bits per heavy atom. The molecule has 0 aliphatic heterocycles. The first kappa shape index (κ1) is 74.5. The molecule has 0 atom stereocenters. The molecule has 131 heavy (non-hydrogen) atoms. The third-order valence-corrected chi connectivity index (χ3v) is 28.9. The summed E-state index contributed by atoms with van der Waals surface area (Å²) >= 11 is 0. The largest absolute Gasteiger partial charge is 0.309 e. The van der Waals surface area contributed by atoms with Gasteiger partial charge in [-0.2, -0.15) is 0 Å². The van der Waals surface area contributed by atoms with Gasteiger partial charge in [-0.15, -0.1) is 0 Å². The van der Waals surface area contributed by atoms with Crippen LogP contribution in [0.1, 0.15) is 49.9 Å². The van der Waals surface area contributed by atoms with E-state index in [0.717, 1.165) is 139 Å². The molecule has 7 heteroatoms. The minimum atomic E-state index is -0.152. The summed E-state index contributed by atoms with van der Waals surface area (Å²) in [5, 5.41) is 11.8. The average molecular weight is 1670 g/mol. The van der Waals surface area contributed by atoms with Gasteiger partial charge in [0.25, 0.3) is 0 Å². The van der Waals surface area contributed by atoms with E-state index < -0.39 is 0 Å². The molecule has 0 bridgehead atoms. The minimum Gasteiger partial charge on any atom is -0.309 e. The van der Waals surface area contributed by atoms with Gasteiger partial charge in [-0.25, -0.2) is 9.97 Å². The standard InChI is InChI=1S/C124H83N7/c1-123(2)106-41-20-14-35-91(106)93-57-54-88(73-108(93)123)129-114-45-24-18-39-97(114)102-69-81(50-61-118(102)129)83-52-63-120-104(71-83)105-72-84(82-51-62-119-103(70-82)98-40-19-25-46-115(98)130(119)89-55-58-94-92-36-15-21-42-107(92)124(3,4)109(94)74-89)53-64-121(105)131(120)122-125-110(75-111(126-122)99-66-78(76-27-8-5-9-28-76)47-56-90(99)77-29-10-6-11-30-77)85-31-26-34-87(65-85)128-113-44-23-17-38-96(113)101-68-80(49-60-117(101)128)79-48-59-116-100(67-79)95-37-16-22-43-112(95)127(116)86-32-12-7-13-33-86/h5-75H,1-4H3. The number of fused-ring (bicyclic) bond motifs is 21. The second-order valence-corrected chi connectivity index (χ2v) is 36.8. The summed E-state index contributed by atoms with van der Waals surface area (Å²) in [7, 11) is 0. The predicted octanol–water partition coefficient (Wildman–Crippen LogP) is 32.2. The Balaban J connectivity index is 0.650. The van der Waals surface area contributed by atoms with Crippen LogP contribution in [0.3, 0.4) is 0 Å². The molecule has 6 aromatic heterocycles. The van der Waals surface area contributed by atoms with Gasteiger partial charge in [-0.05, 0) is 258 Å². The van der Waals surface area contributed by atoms with Gasteiger partial charge >= 0.3 is 0 Å². The number of hydrogen-bond acceptors (Lipinski definition) is 2. The Morgan fingerprint density at radius 3 is 0.893 bits per heavy atom. The summed E-state index contributed by atoms with van der Waals surface area (Å²) in [5.41, 5.74) is 40.8. The van der Waals surface area contributed by atoms with E-state index in [1.165, 1.54) is 115 Å². The smallest absolute Gasteiger partial charge is 0.235 e. The number of aromatic nitrogens is 7. The Labute approximate surface area is 757 Å². The van der Waals surface area contributed by atoms with Gasteiger partial charge in [-0.3, -0.25) is 4.57 Å². The predicted molar refractivity (Wildman–Crippen MR) is 547 cm³/mol. The van der Waals surface area contributed by atoms with Gasteiger partial charge in [0, 0.05) is 98.6 Å². The maximum Gasteiger partial charge on any atom is 0.235 e. The van der Waals surface area contributed by atoms with Gasteiger partial charge in [0.1, 0.15) is 0 Å². The van der Waals surface area contributed by atoms with Crippen LogP contribution in [0.2, 0.25) is 0 Å². The summed E-state index contributed by atoms with van der Waals surface area (Å²) in [5.74, 6) is 0.556. The van der Waals surface area contributed by atoms with Crippen LogP contribution < -0.4 is 0 Å². The maximum absolute atomic E-state index is 5.98. The molecule has 19 aromatic carbocycles. The molecule has 0 saturated heterocycles. The van der Waals surface area contributed by atoms with Crippen LogP contribution in [0.15, 0.2) is 431 Å². The number of nitrogens with zero attached hydrogens (tertiary/aromatic N) is 7. The summed E-state index contributed by atoms with van der Waals surface area (Å²) < 4.78 is 12.1. The van der Waals surface area contributed by atoms with E-state index >= 15 is 0 Å². The molecule has 614 valence electrons. The molecule has 0 spiro atoms. The van der Waals surface area contributed by atoms with E-state index in [9.17, 15) is 0 Å². The quantitative estimate of drug-likeness (QED) is 0.122. The lowest BCUT2D eigenvalue weighted by molar-refractivity contribution is 0.660. The fourth-order valence-corrected chi connectivity index (χ4v) is 22.6. The zero-order valence-corrected chi connectivity index (χ0v) is 72.6. The molecule has 0 unspecified atom stereocenters. The van der Waals surface area contributed by atoms with Crippen molar-refractivity contribution in [3.63, 3.8) is 0 Å². The van der Waals surface area contributed by atoms with Crippen LogP contribution in [-0.4, -0.2) is 32.8 Å². The third kappa shape index (κ3) is 11.3. The monoisotopic (exact) mass is 1670 g/mol. The highest BCUT2D eigenvalue weighted by Crippen LogP contribution is 2.53. The van der Waals surface area contributed by atoms with Crippen molar-refractivity contribution in [1.29, 1.82) is 0 Å². The van der Waals surface area contributed by atoms with Crippen LogP contribution in [0, 0.1) is 0 Å². The van der Waals surface area contributed by atoms with Crippen LogP contribution >= 0.6 is 0 Å². The maximum atomic E-state index is 5.98. The molecule has 25 aromatic rings. The van der Waals surface area contributed by atoms with Crippen molar-refractivity contribution in [3.05, 3.63) is 453 Å². The van der Waals surface area contributed by atoms with E-state index in [4.69, 9.17) is 9.97 Å². The van der Waals surface area contributed by atoms with Crippen molar-refractivity contribution in [1.82, 2.24) is 32.8 Å². The van der Waals surface area contributed by atoms with E-state index in [1.54, 1.807) is 0 Å². The highest BCUT2D eigenvalue weighted by Gasteiger charge is 2.38. The van der Waals surface area contributed by atoms with Crippen LogP contribution in [-0.2, 0) is 10.8 Å². The average Bonchev–Trinajstić information content (AvgIpc) is 1.51. The van der Waals surface area contributed by atoms with Gasteiger partial charge in [-0.1, -0.05) is 301 Å². The summed E-state index contributed by atoms with van der Waals surface area (Å²) in [6, 6.07) is 160. The van der Waals surface area contributed by atoms with E-state index in [0.29, 0.717) is 5.95 Å². The molecular weight excluding hydrogens is 1590 g/mol. The van der Waals surface area contributed by atoms with E-state index in [-0.39, 0.29) is 10.8 Å². The summed E-state index contributed by atoms with van der Waals surface area (Å²) in [6.07, 6.45) is 0. The lowest BCUT2D eigenvalue weighted by atomic mass is 9.82. The van der Waals surface area contributed by atoms with Crippen LogP contribution in [0.5, 0.6) is 0 Å². The van der Waals surface area contributed by atoms with Gasteiger partial charge < -0.3 is 18.3 Å². The SMILES string of the molecule is CC1(C)c2ccccc2-c2ccc(-n3c4ccccc4c4cc(-c5ccc6c(c5)c5cc(-c7ccc8c(c7)c7ccccc7n8-c7ccc8c(c7)C(C)(C)c7ccccc7-8)ccc5n6-c5nc(-c6cccc(-n7c8ccccc8c8cc(-c9ccc%10c(c9)c9ccccc9n%10-c9ccccc9)ccc87)c6)cc(-c6cc(-c7ccccc7)ccc6-c6ccccc6)n5)ccc43)cc21. The van der Waals surface area contributed by atoms with E-state index in [1.807, 2.05) is 0 Å². The van der Waals surface area contributed by atoms with Gasteiger partial charge in [0.2, 0.25) is 5.95 Å². The van der Waals surface area contributed by atoms with Crippen molar-refractivity contribution in [2.75, 3.05) is 0 Å². The van der Waals surface area contributed by atoms with Crippen molar-refractivity contribution in [2.24, 2.45) is 0 Å². The lowest BCUT2D eigenvalue weighted by Crippen LogP contribution is -2.15. The molecule has 2 aliphatic carbocycles. The van der Waals surface area contributed by atoms with Crippen molar-refractivity contribution in [2.45, 2.75) is 38.5 Å². The number of hydrogen-bond donors (Lipinski definition) is 0. The fraction of sp³-hybridized carbons (Fsp3) is 0.0484. The first-order valence-electron chi connectivity index (χ1n) is 45.5. The molecule has 0 fully saturated rings. The number of rotatable bonds is 12. The van der Waals surface area contributed by atoms with Gasteiger partial charge in [0.05, 0.1) is 66.6 Å². The van der Waals surface area contributed by atoms with E-state index in [2.05, 4.69) is 481 Å². The first-order chi connectivity index (χ1) is 64.4. The Kier molecular flexibility index (Phi) is 16.1. The Bertz CT molecular complexity index is 8880. The number of para-hydroxylation sites is 5. The summed E-state index contributed by atoms with van der Waals surface area (Å²) in [4.78, 5) is 11.9. The zero-order chi connectivity index (χ0) is 86.6. The van der Waals surface area contributed by atoms with Crippen LogP contribution in [0.4, 0.5) is 0 Å². The highest BCUT2D eigenvalue weighted by molar-refractivity contribution is 6.17. The second kappa shape index (κ2) is 28.4. The van der Waals surface area contributed by atoms with Crippen molar-refractivity contribution in [3.8, 4) is 129 Å². The summed E-state index contributed by atoms with van der Waals surface area (Å²) in [6.45, 7) is 9.48. The molecule has 0 radical (unpaired) electrons. The zero-order valence-electron chi connectivity index (χ0n) is 72.6. The normalized spacial score (nSPS) is 13.2. The lowest BCUT2D eigenvalue weighted by Gasteiger charge is -2.22. The molecular formula is C124H83N7. The van der Waals surface area contributed by atoms with Crippen LogP contribution in [0.25, 0.3) is 238 Å². The molecule has 0 amide bonds. The topological polar surface area (TPSA) is 50.4 Å². The fourth-order valence-electron chi connectivity index (χ4n) is 22.6. The minimum absolute atomic E-state index is 0.152. The molecule has 0 N–H and O–H groups in total. The molecule has 7 nitrogen and oxygen atoms in total. The molecule has 6 heterocycles. The first-order valence-corrected chi connectivity index (χ1v) is 45.5. The third-order valence-electron chi connectivity index (χ3n) is 28.9. The Hall–Kier alpha value is -16.7. The molecule has 2 aliphatic rings. The second-order valence-electron chi connectivity index (χ2n) is 36.8. The van der Waals surface area contributed by atoms with Crippen molar-refractivity contribution >= 4 is 109 Å². The Morgan fingerprint density at radius 1 is 0.160 bits per heavy atom.